The molecule has 0 saturated carbocycles. The van der Waals surface area contributed by atoms with Gasteiger partial charge in [-0.05, 0) is 32.9 Å². The van der Waals surface area contributed by atoms with Crippen LogP contribution >= 0.6 is 0 Å². The van der Waals surface area contributed by atoms with Crippen LogP contribution in [0.25, 0.3) is 5.65 Å². The molecular weight excluding hydrogens is 342 g/mol. The normalized spacial score (nSPS) is 17.0. The number of carbonyl (C=O) groups excluding carboxylic acids is 1. The Morgan fingerprint density at radius 3 is 2.81 bits per heavy atom. The molecule has 1 amide bonds. The zero-order valence-corrected chi connectivity index (χ0v) is 16.0. The Bertz CT molecular complexity index is 1030. The van der Waals surface area contributed by atoms with Crippen LogP contribution in [-0.2, 0) is 4.79 Å². The van der Waals surface area contributed by atoms with Crippen molar-refractivity contribution >= 4 is 23.1 Å². The minimum absolute atomic E-state index is 0.00138. The lowest BCUT2D eigenvalue weighted by Crippen LogP contribution is -2.28. The van der Waals surface area contributed by atoms with Crippen molar-refractivity contribution in [1.29, 1.82) is 0 Å². The van der Waals surface area contributed by atoms with Gasteiger partial charge in [0.15, 0.2) is 5.65 Å². The number of benzene rings is 1. The monoisotopic (exact) mass is 365 g/mol. The molecule has 7 nitrogen and oxygen atoms in total. The van der Waals surface area contributed by atoms with Crippen molar-refractivity contribution in [3.05, 3.63) is 47.3 Å². The summed E-state index contributed by atoms with van der Waals surface area (Å²) in [7, 11) is 1.63. The molecule has 1 aromatic carbocycles. The summed E-state index contributed by atoms with van der Waals surface area (Å²) >= 11 is 0. The molecule has 1 saturated heterocycles. The van der Waals surface area contributed by atoms with Gasteiger partial charge in [0.05, 0.1) is 18.8 Å². The Kier molecular flexibility index (Phi) is 4.22. The van der Waals surface area contributed by atoms with Gasteiger partial charge >= 0.3 is 0 Å². The van der Waals surface area contributed by atoms with Crippen molar-refractivity contribution < 1.29 is 9.53 Å². The largest absolute Gasteiger partial charge is 0.497 e. The standard InChI is InChI=1S/C20H23N5O2/c1-12-8-18(25-20(21-12)13(2)14(3)23-25)22-15-9-19(26)24(11-15)16-6-5-7-17(10-16)27-4/h5-8,10,15,22H,9,11H2,1-4H3. The van der Waals surface area contributed by atoms with Crippen molar-refractivity contribution in [3.63, 3.8) is 0 Å². The van der Waals surface area contributed by atoms with Gasteiger partial charge in [-0.15, -0.1) is 0 Å². The summed E-state index contributed by atoms with van der Waals surface area (Å²) in [4.78, 5) is 19.0. The molecule has 1 fully saturated rings. The summed E-state index contributed by atoms with van der Waals surface area (Å²) in [6.07, 6.45) is 0.430. The second kappa shape index (κ2) is 6.57. The number of anilines is 2. The van der Waals surface area contributed by atoms with Crippen molar-refractivity contribution in [3.8, 4) is 5.75 Å². The Labute approximate surface area is 158 Å². The van der Waals surface area contributed by atoms with Gasteiger partial charge in [0.25, 0.3) is 0 Å². The first-order chi connectivity index (χ1) is 13.0. The second-order valence-corrected chi connectivity index (χ2v) is 6.98. The molecule has 0 radical (unpaired) electrons. The average Bonchev–Trinajstić information content (AvgIpc) is 3.15. The van der Waals surface area contributed by atoms with E-state index in [1.54, 1.807) is 12.0 Å². The number of ether oxygens (including phenoxy) is 1. The summed E-state index contributed by atoms with van der Waals surface area (Å²) in [6.45, 7) is 6.56. The summed E-state index contributed by atoms with van der Waals surface area (Å²) in [6, 6.07) is 9.55. The Balaban J connectivity index is 1.60. The minimum atomic E-state index is -0.00138. The van der Waals surface area contributed by atoms with Crippen LogP contribution in [0.1, 0.15) is 23.4 Å². The van der Waals surface area contributed by atoms with E-state index >= 15 is 0 Å². The molecule has 140 valence electrons. The fraction of sp³-hybridized carbons (Fsp3) is 0.350. The van der Waals surface area contributed by atoms with Gasteiger partial charge in [-0.3, -0.25) is 4.79 Å². The molecule has 1 aliphatic heterocycles. The van der Waals surface area contributed by atoms with Crippen molar-refractivity contribution in [2.24, 2.45) is 0 Å². The summed E-state index contributed by atoms with van der Waals surface area (Å²) < 4.78 is 7.10. The third-order valence-electron chi connectivity index (χ3n) is 5.03. The fourth-order valence-electron chi connectivity index (χ4n) is 3.49. The lowest BCUT2D eigenvalue weighted by Gasteiger charge is -2.18. The number of fused-ring (bicyclic) bond motifs is 1. The molecule has 1 unspecified atom stereocenters. The van der Waals surface area contributed by atoms with Gasteiger partial charge in [0, 0.05) is 42.0 Å². The third-order valence-corrected chi connectivity index (χ3v) is 5.03. The van der Waals surface area contributed by atoms with Crippen molar-refractivity contribution in [2.45, 2.75) is 33.2 Å². The van der Waals surface area contributed by atoms with E-state index < -0.39 is 0 Å². The molecule has 27 heavy (non-hydrogen) atoms. The maximum Gasteiger partial charge on any atom is 0.229 e. The van der Waals surface area contributed by atoms with Gasteiger partial charge in [-0.1, -0.05) is 6.07 Å². The van der Waals surface area contributed by atoms with E-state index in [4.69, 9.17) is 4.74 Å². The molecular formula is C20H23N5O2. The molecule has 3 heterocycles. The van der Waals surface area contributed by atoms with E-state index in [1.165, 1.54) is 0 Å². The molecule has 2 aromatic heterocycles. The van der Waals surface area contributed by atoms with E-state index in [2.05, 4.69) is 15.4 Å². The summed E-state index contributed by atoms with van der Waals surface area (Å²) in [5, 5.41) is 8.08. The van der Waals surface area contributed by atoms with Crippen molar-refractivity contribution in [1.82, 2.24) is 14.6 Å². The molecule has 7 heteroatoms. The molecule has 1 N–H and O–H groups in total. The van der Waals surface area contributed by atoms with Crippen LogP contribution in [0.15, 0.2) is 30.3 Å². The minimum Gasteiger partial charge on any atom is -0.497 e. The fourth-order valence-corrected chi connectivity index (χ4v) is 3.49. The van der Waals surface area contributed by atoms with Gasteiger partial charge in [-0.25, -0.2) is 4.98 Å². The Morgan fingerprint density at radius 1 is 1.22 bits per heavy atom. The topological polar surface area (TPSA) is 71.8 Å². The average molecular weight is 365 g/mol. The second-order valence-electron chi connectivity index (χ2n) is 6.98. The van der Waals surface area contributed by atoms with Gasteiger partial charge in [0.1, 0.15) is 11.6 Å². The lowest BCUT2D eigenvalue weighted by molar-refractivity contribution is -0.117. The quantitative estimate of drug-likeness (QED) is 0.770. The van der Waals surface area contributed by atoms with Crippen LogP contribution < -0.4 is 15.0 Å². The van der Waals surface area contributed by atoms with Gasteiger partial charge in [0.2, 0.25) is 5.91 Å². The predicted molar refractivity (Wildman–Crippen MR) is 105 cm³/mol. The first-order valence-electron chi connectivity index (χ1n) is 9.01. The van der Waals surface area contributed by atoms with Crippen LogP contribution in [-0.4, -0.2) is 40.2 Å². The number of aromatic nitrogens is 3. The van der Waals surface area contributed by atoms with E-state index in [0.717, 1.165) is 39.9 Å². The van der Waals surface area contributed by atoms with Crippen LogP contribution in [0.2, 0.25) is 0 Å². The number of nitrogens with zero attached hydrogens (tertiary/aromatic N) is 4. The third kappa shape index (κ3) is 3.09. The van der Waals surface area contributed by atoms with E-state index in [1.807, 2.05) is 55.6 Å². The number of hydrogen-bond donors (Lipinski definition) is 1. The maximum absolute atomic E-state index is 12.6. The van der Waals surface area contributed by atoms with Crippen LogP contribution in [0.3, 0.4) is 0 Å². The molecule has 0 bridgehead atoms. The molecule has 1 atom stereocenters. The number of methoxy groups -OCH3 is 1. The number of aryl methyl sites for hydroxylation is 3. The first-order valence-corrected chi connectivity index (χ1v) is 9.01. The smallest absolute Gasteiger partial charge is 0.229 e. The Hall–Kier alpha value is -3.09. The number of hydrogen-bond acceptors (Lipinski definition) is 5. The number of nitrogens with one attached hydrogen (secondary N) is 1. The van der Waals surface area contributed by atoms with Crippen molar-refractivity contribution in [2.75, 3.05) is 23.9 Å². The highest BCUT2D eigenvalue weighted by atomic mass is 16.5. The molecule has 1 aliphatic rings. The van der Waals surface area contributed by atoms with Crippen LogP contribution in [0, 0.1) is 20.8 Å². The summed E-state index contributed by atoms with van der Waals surface area (Å²) in [5.41, 5.74) is 4.65. The van der Waals surface area contributed by atoms with Crippen LogP contribution in [0.4, 0.5) is 11.5 Å². The Morgan fingerprint density at radius 2 is 2.04 bits per heavy atom. The van der Waals surface area contributed by atoms with Gasteiger partial charge < -0.3 is 15.0 Å². The van der Waals surface area contributed by atoms with E-state index in [0.29, 0.717) is 13.0 Å². The summed E-state index contributed by atoms with van der Waals surface area (Å²) in [5.74, 6) is 1.69. The lowest BCUT2D eigenvalue weighted by atomic mass is 10.2. The number of rotatable bonds is 4. The zero-order valence-electron chi connectivity index (χ0n) is 16.0. The highest BCUT2D eigenvalue weighted by Crippen LogP contribution is 2.27. The number of amides is 1. The molecule has 3 aromatic rings. The predicted octanol–water partition coefficient (Wildman–Crippen LogP) is 2.88. The zero-order chi connectivity index (χ0) is 19.1. The maximum atomic E-state index is 12.6. The van der Waals surface area contributed by atoms with Crippen LogP contribution in [0.5, 0.6) is 5.75 Å². The molecule has 4 rings (SSSR count). The van der Waals surface area contributed by atoms with Gasteiger partial charge in [-0.2, -0.15) is 9.61 Å². The molecule has 0 spiro atoms. The SMILES string of the molecule is COc1cccc(N2CC(Nc3cc(C)nc4c(C)c(C)nn34)CC2=O)c1. The van der Waals surface area contributed by atoms with E-state index in [9.17, 15) is 4.79 Å². The number of carbonyl (C=O) groups is 1. The highest BCUT2D eigenvalue weighted by molar-refractivity contribution is 5.96. The molecule has 0 aliphatic carbocycles. The van der Waals surface area contributed by atoms with E-state index in [-0.39, 0.29) is 11.9 Å². The first kappa shape index (κ1) is 17.3. The highest BCUT2D eigenvalue weighted by Gasteiger charge is 2.31.